The second-order valence-corrected chi connectivity index (χ2v) is 7.24. The van der Waals surface area contributed by atoms with Gasteiger partial charge in [0.25, 0.3) is 0 Å². The maximum Gasteiger partial charge on any atom is 0.312 e. The van der Waals surface area contributed by atoms with Crippen LogP contribution in [0.5, 0.6) is 0 Å². The molecule has 0 spiro atoms. The second-order valence-electron chi connectivity index (χ2n) is 6.26. The Morgan fingerprint density at radius 2 is 1.77 bits per heavy atom. The monoisotopic (exact) mass is 378 g/mol. The predicted octanol–water partition coefficient (Wildman–Crippen LogP) is 1.33. The van der Waals surface area contributed by atoms with E-state index in [4.69, 9.17) is 5.73 Å². The predicted molar refractivity (Wildman–Crippen MR) is 105 cm³/mol. The molecule has 2 rings (SSSR count). The van der Waals surface area contributed by atoms with Crippen molar-refractivity contribution in [3.05, 3.63) is 29.8 Å². The molecule has 1 aromatic rings. The van der Waals surface area contributed by atoms with E-state index in [-0.39, 0.29) is 11.7 Å². The summed E-state index contributed by atoms with van der Waals surface area (Å²) >= 11 is 1.63. The smallest absolute Gasteiger partial charge is 0.312 e. The highest BCUT2D eigenvalue weighted by Crippen LogP contribution is 2.18. The first-order chi connectivity index (χ1) is 12.4. The largest absolute Gasteiger partial charge is 0.368 e. The topological polar surface area (TPSA) is 95.7 Å². The molecule has 0 aliphatic carbocycles. The quantitative estimate of drug-likeness (QED) is 0.698. The van der Waals surface area contributed by atoms with Gasteiger partial charge in [0, 0.05) is 37.4 Å². The van der Waals surface area contributed by atoms with Crippen LogP contribution in [0, 0.1) is 0 Å². The van der Waals surface area contributed by atoms with E-state index in [2.05, 4.69) is 10.2 Å². The zero-order valence-corrected chi connectivity index (χ0v) is 16.1. The normalized spacial score (nSPS) is 15.5. The molecule has 1 aliphatic heterocycles. The average molecular weight is 378 g/mol. The van der Waals surface area contributed by atoms with Crippen molar-refractivity contribution in [3.63, 3.8) is 0 Å². The number of urea groups is 1. The third-order valence-corrected chi connectivity index (χ3v) is 5.10. The van der Waals surface area contributed by atoms with Crippen molar-refractivity contribution in [3.8, 4) is 0 Å². The molecule has 1 atom stereocenters. The molecule has 26 heavy (non-hydrogen) atoms. The van der Waals surface area contributed by atoms with E-state index in [1.54, 1.807) is 23.6 Å². The summed E-state index contributed by atoms with van der Waals surface area (Å²) in [4.78, 5) is 39.2. The van der Waals surface area contributed by atoms with Crippen molar-refractivity contribution < 1.29 is 14.4 Å². The number of Topliss-reactive ketones (excluding diaryl/α,β-unsaturated/α-hetero) is 1. The van der Waals surface area contributed by atoms with Gasteiger partial charge >= 0.3 is 6.03 Å². The van der Waals surface area contributed by atoms with Gasteiger partial charge in [-0.2, -0.15) is 11.8 Å². The lowest BCUT2D eigenvalue weighted by Gasteiger charge is -2.37. The molecule has 3 N–H and O–H groups in total. The molecule has 0 unspecified atom stereocenters. The van der Waals surface area contributed by atoms with Gasteiger partial charge in [-0.15, -0.1) is 0 Å². The number of amides is 3. The van der Waals surface area contributed by atoms with Gasteiger partial charge in [-0.25, -0.2) is 4.79 Å². The summed E-state index contributed by atoms with van der Waals surface area (Å²) < 4.78 is 0. The van der Waals surface area contributed by atoms with E-state index in [0.717, 1.165) is 11.4 Å². The molecule has 0 bridgehead atoms. The Labute approximate surface area is 158 Å². The Hall–Kier alpha value is -2.22. The van der Waals surface area contributed by atoms with Crippen LogP contribution in [0.3, 0.4) is 0 Å². The molecule has 1 saturated heterocycles. The Bertz CT molecular complexity index is 642. The lowest BCUT2D eigenvalue weighted by atomic mass is 10.1. The van der Waals surface area contributed by atoms with Crippen molar-refractivity contribution in [2.45, 2.75) is 19.4 Å². The van der Waals surface area contributed by atoms with E-state index >= 15 is 0 Å². The van der Waals surface area contributed by atoms with E-state index in [1.165, 1.54) is 0 Å². The lowest BCUT2D eigenvalue weighted by Crippen LogP contribution is -2.55. The molecule has 0 saturated carbocycles. The molecule has 3 amide bonds. The van der Waals surface area contributed by atoms with Crippen LogP contribution in [0.4, 0.5) is 10.5 Å². The average Bonchev–Trinajstić information content (AvgIpc) is 2.64. The molecule has 0 aromatic heterocycles. The Morgan fingerprint density at radius 1 is 1.15 bits per heavy atom. The van der Waals surface area contributed by atoms with Crippen molar-refractivity contribution in [1.82, 2.24) is 10.2 Å². The molecule has 8 heteroatoms. The molecular formula is C18H26N4O3S. The number of rotatable bonds is 7. The standard InChI is InChI=1S/C18H26N4O3S/c1-13(23)14-3-5-15(6-4-14)21-8-10-22(11-9-21)17(24)16(7-12-26-2)20-18(19)25/h3-6,16H,7-12H2,1-2H3,(H3,19,20,25)/t16-/m1/s1. The lowest BCUT2D eigenvalue weighted by molar-refractivity contribution is -0.133. The van der Waals surface area contributed by atoms with Crippen LogP contribution in [-0.4, -0.2) is 66.9 Å². The number of thioether (sulfide) groups is 1. The van der Waals surface area contributed by atoms with Crippen LogP contribution in [0.25, 0.3) is 0 Å². The van der Waals surface area contributed by atoms with Crippen molar-refractivity contribution in [2.75, 3.05) is 43.1 Å². The number of nitrogens with one attached hydrogen (secondary N) is 1. The molecule has 1 fully saturated rings. The SMILES string of the molecule is CSCC[C@@H](NC(N)=O)C(=O)N1CCN(c2ccc(C(C)=O)cc2)CC1. The number of carbonyl (C=O) groups excluding carboxylic acids is 3. The summed E-state index contributed by atoms with van der Waals surface area (Å²) in [6, 6.07) is 6.28. The van der Waals surface area contributed by atoms with Crippen LogP contribution in [0.15, 0.2) is 24.3 Å². The maximum absolute atomic E-state index is 12.7. The fourth-order valence-corrected chi connectivity index (χ4v) is 3.45. The van der Waals surface area contributed by atoms with Gasteiger partial charge in [0.2, 0.25) is 5.91 Å². The number of nitrogens with zero attached hydrogens (tertiary/aromatic N) is 2. The van der Waals surface area contributed by atoms with E-state index in [1.807, 2.05) is 30.5 Å². The number of anilines is 1. The highest BCUT2D eigenvalue weighted by molar-refractivity contribution is 7.98. The Balaban J connectivity index is 1.94. The zero-order valence-electron chi connectivity index (χ0n) is 15.2. The molecule has 7 nitrogen and oxygen atoms in total. The summed E-state index contributed by atoms with van der Waals surface area (Å²) in [5.74, 6) is 0.744. The van der Waals surface area contributed by atoms with Gasteiger partial charge in [-0.05, 0) is 49.6 Å². The van der Waals surface area contributed by atoms with Crippen LogP contribution in [-0.2, 0) is 4.79 Å². The summed E-state index contributed by atoms with van der Waals surface area (Å²) in [5, 5.41) is 2.56. The Morgan fingerprint density at radius 3 is 2.27 bits per heavy atom. The fourth-order valence-electron chi connectivity index (χ4n) is 2.98. The summed E-state index contributed by atoms with van der Waals surface area (Å²) in [7, 11) is 0. The number of ketones is 1. The zero-order chi connectivity index (χ0) is 19.1. The number of benzene rings is 1. The minimum absolute atomic E-state index is 0.0465. The highest BCUT2D eigenvalue weighted by Gasteiger charge is 2.28. The highest BCUT2D eigenvalue weighted by atomic mass is 32.2. The fraction of sp³-hybridized carbons (Fsp3) is 0.500. The van der Waals surface area contributed by atoms with Crippen molar-refractivity contribution in [1.29, 1.82) is 0 Å². The third kappa shape index (κ3) is 5.39. The van der Waals surface area contributed by atoms with Crippen molar-refractivity contribution >= 4 is 35.2 Å². The number of hydrogen-bond donors (Lipinski definition) is 2. The first-order valence-electron chi connectivity index (χ1n) is 8.62. The van der Waals surface area contributed by atoms with E-state index in [0.29, 0.717) is 38.2 Å². The van der Waals surface area contributed by atoms with Crippen LogP contribution < -0.4 is 16.0 Å². The molecule has 142 valence electrons. The van der Waals surface area contributed by atoms with Gasteiger partial charge in [-0.1, -0.05) is 0 Å². The summed E-state index contributed by atoms with van der Waals surface area (Å²) in [6.07, 6.45) is 2.53. The summed E-state index contributed by atoms with van der Waals surface area (Å²) in [5.41, 5.74) is 6.93. The van der Waals surface area contributed by atoms with Crippen molar-refractivity contribution in [2.24, 2.45) is 5.73 Å². The van der Waals surface area contributed by atoms with E-state index < -0.39 is 12.1 Å². The Kier molecular flexibility index (Phi) is 7.32. The van der Waals surface area contributed by atoms with Crippen LogP contribution in [0.2, 0.25) is 0 Å². The van der Waals surface area contributed by atoms with Gasteiger partial charge in [-0.3, -0.25) is 9.59 Å². The van der Waals surface area contributed by atoms with E-state index in [9.17, 15) is 14.4 Å². The molecule has 1 aromatic carbocycles. The molecule has 0 radical (unpaired) electrons. The molecular weight excluding hydrogens is 352 g/mol. The maximum atomic E-state index is 12.7. The second kappa shape index (κ2) is 9.47. The van der Waals surface area contributed by atoms with Gasteiger partial charge in [0.1, 0.15) is 6.04 Å². The number of nitrogens with two attached hydrogens (primary N) is 1. The number of piperazine rings is 1. The number of carbonyl (C=O) groups is 3. The van der Waals surface area contributed by atoms with Gasteiger partial charge in [0.15, 0.2) is 5.78 Å². The van der Waals surface area contributed by atoms with Crippen LogP contribution in [0.1, 0.15) is 23.7 Å². The first-order valence-corrected chi connectivity index (χ1v) is 10.0. The van der Waals surface area contributed by atoms with Crippen LogP contribution >= 0.6 is 11.8 Å². The third-order valence-electron chi connectivity index (χ3n) is 4.46. The minimum Gasteiger partial charge on any atom is -0.368 e. The molecule has 1 heterocycles. The minimum atomic E-state index is -0.673. The number of primary amides is 1. The summed E-state index contributed by atoms with van der Waals surface area (Å²) in [6.45, 7) is 4.13. The first kappa shape index (κ1) is 20.1. The molecule has 1 aliphatic rings. The van der Waals surface area contributed by atoms with Gasteiger partial charge in [0.05, 0.1) is 0 Å². The number of hydrogen-bond acceptors (Lipinski definition) is 5. The van der Waals surface area contributed by atoms with Gasteiger partial charge < -0.3 is 20.9 Å².